The number of ether oxygens (including phenoxy) is 2. The van der Waals surface area contributed by atoms with E-state index in [1.807, 2.05) is 15.6 Å². The normalized spacial score (nSPS) is 13.7. The maximum Gasteiger partial charge on any atom is 0.228 e. The summed E-state index contributed by atoms with van der Waals surface area (Å²) in [6, 6.07) is 5.48. The lowest BCUT2D eigenvalue weighted by Gasteiger charge is -2.28. The van der Waals surface area contributed by atoms with E-state index in [0.717, 1.165) is 11.1 Å². The minimum Gasteiger partial charge on any atom is -0.493 e. The number of aromatic nitrogens is 4. The van der Waals surface area contributed by atoms with Gasteiger partial charge in [0, 0.05) is 18.0 Å². The van der Waals surface area contributed by atoms with Crippen molar-refractivity contribution >= 4 is 22.7 Å². The van der Waals surface area contributed by atoms with Crippen molar-refractivity contribution in [2.24, 2.45) is 0 Å². The number of hydrogen-bond donors (Lipinski definition) is 2. The quantitative estimate of drug-likeness (QED) is 0.710. The molecule has 3 N–H and O–H groups in total. The Kier molecular flexibility index (Phi) is 4.00. The van der Waals surface area contributed by atoms with Gasteiger partial charge in [0.25, 0.3) is 0 Å². The summed E-state index contributed by atoms with van der Waals surface area (Å²) in [5.74, 6) is 2.12. The van der Waals surface area contributed by atoms with Gasteiger partial charge in [0.05, 0.1) is 50.8 Å². The van der Waals surface area contributed by atoms with E-state index in [9.17, 15) is 5.11 Å². The minimum atomic E-state index is -0.0684. The van der Waals surface area contributed by atoms with Crippen LogP contribution in [0.2, 0.25) is 0 Å². The Bertz CT molecular complexity index is 971. The van der Waals surface area contributed by atoms with E-state index in [1.165, 1.54) is 0 Å². The third-order valence-electron chi connectivity index (χ3n) is 4.51. The first-order chi connectivity index (χ1) is 12.6. The molecule has 0 amide bonds. The standard InChI is InChI=1S/C17H20N6O3/c1-25-14-6-12-13(7-15(14)26-2)19-17(20-16(12)18)22-3-4-23-11(8-22)5-10(9-24)21-23/h5-7,24H,3-4,8-9H2,1-2H3,(H2,18,19,20). The number of aliphatic hydroxyl groups is 1. The first-order valence-electron chi connectivity index (χ1n) is 8.23. The van der Waals surface area contributed by atoms with Crippen LogP contribution < -0.4 is 20.1 Å². The predicted octanol–water partition coefficient (Wildman–Crippen LogP) is 0.938. The number of nitrogen functional groups attached to an aromatic ring is 1. The second-order valence-electron chi connectivity index (χ2n) is 6.06. The van der Waals surface area contributed by atoms with E-state index in [-0.39, 0.29) is 6.61 Å². The smallest absolute Gasteiger partial charge is 0.228 e. The van der Waals surface area contributed by atoms with Crippen molar-refractivity contribution < 1.29 is 14.6 Å². The molecule has 0 bridgehead atoms. The van der Waals surface area contributed by atoms with Crippen molar-refractivity contribution in [2.75, 3.05) is 31.4 Å². The highest BCUT2D eigenvalue weighted by atomic mass is 16.5. The molecule has 136 valence electrons. The van der Waals surface area contributed by atoms with Gasteiger partial charge in [-0.15, -0.1) is 0 Å². The molecule has 2 aromatic heterocycles. The van der Waals surface area contributed by atoms with E-state index >= 15 is 0 Å². The Labute approximate surface area is 150 Å². The van der Waals surface area contributed by atoms with Crippen LogP contribution in [0.25, 0.3) is 10.9 Å². The van der Waals surface area contributed by atoms with Gasteiger partial charge in [-0.1, -0.05) is 0 Å². The van der Waals surface area contributed by atoms with Crippen molar-refractivity contribution in [1.82, 2.24) is 19.7 Å². The molecule has 3 aromatic rings. The lowest BCUT2D eigenvalue weighted by Crippen LogP contribution is -2.35. The van der Waals surface area contributed by atoms with Crippen LogP contribution in [-0.2, 0) is 19.7 Å². The zero-order valence-corrected chi connectivity index (χ0v) is 14.6. The van der Waals surface area contributed by atoms with Crippen LogP contribution in [0.4, 0.5) is 11.8 Å². The van der Waals surface area contributed by atoms with Crippen molar-refractivity contribution in [3.8, 4) is 11.5 Å². The average molecular weight is 356 g/mol. The summed E-state index contributed by atoms with van der Waals surface area (Å²) in [6.45, 7) is 1.94. The van der Waals surface area contributed by atoms with Gasteiger partial charge < -0.3 is 25.2 Å². The van der Waals surface area contributed by atoms with Crippen LogP contribution in [0.5, 0.6) is 11.5 Å². The average Bonchev–Trinajstić information content (AvgIpc) is 3.09. The molecular formula is C17H20N6O3. The zero-order chi connectivity index (χ0) is 18.3. The molecule has 0 aliphatic carbocycles. The summed E-state index contributed by atoms with van der Waals surface area (Å²) in [6.07, 6.45) is 0. The second-order valence-corrected chi connectivity index (χ2v) is 6.06. The monoisotopic (exact) mass is 356 g/mol. The van der Waals surface area contributed by atoms with Crippen LogP contribution in [0.3, 0.4) is 0 Å². The SMILES string of the molecule is COc1cc2nc(N3CCn4nc(CO)cc4C3)nc(N)c2cc1OC. The summed E-state index contributed by atoms with van der Waals surface area (Å²) in [4.78, 5) is 11.2. The molecular weight excluding hydrogens is 336 g/mol. The van der Waals surface area contributed by atoms with Crippen LogP contribution in [-0.4, -0.2) is 45.6 Å². The first-order valence-corrected chi connectivity index (χ1v) is 8.23. The van der Waals surface area contributed by atoms with Crippen LogP contribution in [0.15, 0.2) is 18.2 Å². The molecule has 26 heavy (non-hydrogen) atoms. The number of aliphatic hydroxyl groups excluding tert-OH is 1. The fourth-order valence-electron chi connectivity index (χ4n) is 3.18. The highest BCUT2D eigenvalue weighted by Gasteiger charge is 2.22. The summed E-state index contributed by atoms with van der Waals surface area (Å²) in [5, 5.41) is 14.3. The minimum absolute atomic E-state index is 0.0684. The Morgan fingerprint density at radius 2 is 1.88 bits per heavy atom. The fourth-order valence-corrected chi connectivity index (χ4v) is 3.18. The van der Waals surface area contributed by atoms with E-state index in [0.29, 0.717) is 54.1 Å². The zero-order valence-electron chi connectivity index (χ0n) is 14.6. The van der Waals surface area contributed by atoms with Gasteiger partial charge in [-0.2, -0.15) is 10.1 Å². The number of fused-ring (bicyclic) bond motifs is 2. The third-order valence-corrected chi connectivity index (χ3v) is 4.51. The third kappa shape index (κ3) is 2.66. The number of anilines is 2. The first kappa shape index (κ1) is 16.4. The highest BCUT2D eigenvalue weighted by Crippen LogP contribution is 2.34. The van der Waals surface area contributed by atoms with Gasteiger partial charge in [-0.05, 0) is 12.1 Å². The van der Waals surface area contributed by atoms with Gasteiger partial charge in [0.15, 0.2) is 11.5 Å². The fraction of sp³-hybridized carbons (Fsp3) is 0.353. The van der Waals surface area contributed by atoms with Crippen molar-refractivity contribution in [3.63, 3.8) is 0 Å². The van der Waals surface area contributed by atoms with Crippen LogP contribution in [0.1, 0.15) is 11.4 Å². The Morgan fingerprint density at radius 3 is 2.62 bits per heavy atom. The van der Waals surface area contributed by atoms with E-state index in [2.05, 4.69) is 15.1 Å². The summed E-state index contributed by atoms with van der Waals surface area (Å²) >= 11 is 0. The maximum absolute atomic E-state index is 9.26. The molecule has 1 aliphatic rings. The highest BCUT2D eigenvalue weighted by molar-refractivity contribution is 5.91. The summed E-state index contributed by atoms with van der Waals surface area (Å²) < 4.78 is 12.6. The van der Waals surface area contributed by atoms with Crippen molar-refractivity contribution in [2.45, 2.75) is 19.7 Å². The predicted molar refractivity (Wildman–Crippen MR) is 96.3 cm³/mol. The number of benzene rings is 1. The molecule has 0 fully saturated rings. The molecule has 0 spiro atoms. The summed E-state index contributed by atoms with van der Waals surface area (Å²) in [5.41, 5.74) is 8.54. The number of nitrogens with zero attached hydrogens (tertiary/aromatic N) is 5. The molecule has 9 nitrogen and oxygen atoms in total. The van der Waals surface area contributed by atoms with Crippen LogP contribution in [0, 0.1) is 0 Å². The van der Waals surface area contributed by atoms with Gasteiger partial charge in [0.1, 0.15) is 5.82 Å². The van der Waals surface area contributed by atoms with E-state index < -0.39 is 0 Å². The topological polar surface area (TPSA) is 112 Å². The Morgan fingerprint density at radius 1 is 1.12 bits per heavy atom. The maximum atomic E-state index is 9.26. The van der Waals surface area contributed by atoms with Gasteiger partial charge in [-0.25, -0.2) is 4.98 Å². The lowest BCUT2D eigenvalue weighted by molar-refractivity contribution is 0.275. The second kappa shape index (κ2) is 6.34. The van der Waals surface area contributed by atoms with Gasteiger partial charge in [0.2, 0.25) is 5.95 Å². The van der Waals surface area contributed by atoms with Gasteiger partial charge in [-0.3, -0.25) is 4.68 Å². The van der Waals surface area contributed by atoms with Crippen LogP contribution >= 0.6 is 0 Å². The molecule has 0 saturated carbocycles. The summed E-state index contributed by atoms with van der Waals surface area (Å²) in [7, 11) is 3.16. The molecule has 0 atom stereocenters. The Balaban J connectivity index is 1.73. The van der Waals surface area contributed by atoms with Gasteiger partial charge >= 0.3 is 0 Å². The number of methoxy groups -OCH3 is 2. The molecule has 0 radical (unpaired) electrons. The molecule has 3 heterocycles. The number of hydrogen-bond acceptors (Lipinski definition) is 8. The van der Waals surface area contributed by atoms with Crippen molar-refractivity contribution in [1.29, 1.82) is 0 Å². The van der Waals surface area contributed by atoms with E-state index in [4.69, 9.17) is 15.2 Å². The molecule has 0 saturated heterocycles. The molecule has 0 unspecified atom stereocenters. The number of rotatable bonds is 4. The molecule has 9 heteroatoms. The van der Waals surface area contributed by atoms with E-state index in [1.54, 1.807) is 26.4 Å². The molecule has 4 rings (SSSR count). The number of nitrogens with two attached hydrogens (primary N) is 1. The van der Waals surface area contributed by atoms with Crippen molar-refractivity contribution in [3.05, 3.63) is 29.6 Å². The Hall–Kier alpha value is -3.07. The lowest BCUT2D eigenvalue weighted by atomic mass is 10.2. The molecule has 1 aliphatic heterocycles. The largest absolute Gasteiger partial charge is 0.493 e. The molecule has 1 aromatic carbocycles.